The highest BCUT2D eigenvalue weighted by atomic mass is 35.5. The van der Waals surface area contributed by atoms with Gasteiger partial charge in [0.15, 0.2) is 0 Å². The molecule has 2 N–H and O–H groups in total. The normalized spacial score (nSPS) is 14.0. The van der Waals surface area contributed by atoms with Crippen molar-refractivity contribution in [2.24, 2.45) is 0 Å². The molecule has 0 saturated heterocycles. The summed E-state index contributed by atoms with van der Waals surface area (Å²) in [7, 11) is -3.37. The molecule has 28 heavy (non-hydrogen) atoms. The van der Waals surface area contributed by atoms with Gasteiger partial charge in [0, 0.05) is 29.4 Å². The Labute approximate surface area is 173 Å². The predicted octanol–water partition coefficient (Wildman–Crippen LogP) is 4.91. The van der Waals surface area contributed by atoms with E-state index in [1.54, 1.807) is 38.1 Å². The molecule has 1 heterocycles. The first-order chi connectivity index (χ1) is 13.3. The standard InChI is InChI=1S/C17H22Cl2N3O5P/c1-12(9-18)20-28(25,21-13(2)10-19)26-11-14-3-5-15(6-4-14)16-7-8-17(27-16)22(23)24/h3-8,12-13H,9-11H2,1-2H3,(H2,20,21,25)/t12-,13-/m1/s1. The molecule has 11 heteroatoms. The lowest BCUT2D eigenvalue weighted by molar-refractivity contribution is -0.401. The van der Waals surface area contributed by atoms with Crippen molar-refractivity contribution in [3.8, 4) is 11.3 Å². The minimum Gasteiger partial charge on any atom is -0.401 e. The number of hydrogen-bond donors (Lipinski definition) is 2. The Balaban J connectivity index is 2.06. The number of halogens is 2. The van der Waals surface area contributed by atoms with Crippen LogP contribution in [0, 0.1) is 10.1 Å². The molecule has 0 spiro atoms. The van der Waals surface area contributed by atoms with Crippen molar-refractivity contribution in [2.75, 3.05) is 11.8 Å². The Bertz CT molecular complexity index is 814. The van der Waals surface area contributed by atoms with Gasteiger partial charge in [-0.1, -0.05) is 24.3 Å². The average molecular weight is 450 g/mol. The Morgan fingerprint density at radius 2 is 1.68 bits per heavy atom. The Morgan fingerprint density at radius 3 is 2.14 bits per heavy atom. The number of nitrogens with one attached hydrogen (secondary N) is 2. The lowest BCUT2D eigenvalue weighted by Crippen LogP contribution is -2.36. The van der Waals surface area contributed by atoms with Gasteiger partial charge in [-0.25, -0.2) is 10.2 Å². The van der Waals surface area contributed by atoms with Gasteiger partial charge in [-0.05, 0) is 25.5 Å². The summed E-state index contributed by atoms with van der Waals surface area (Å²) in [6, 6.07) is 9.42. The lowest BCUT2D eigenvalue weighted by Gasteiger charge is -2.25. The molecule has 0 unspecified atom stereocenters. The summed E-state index contributed by atoms with van der Waals surface area (Å²) >= 11 is 11.6. The first kappa shape index (κ1) is 22.9. The van der Waals surface area contributed by atoms with Crippen LogP contribution in [-0.2, 0) is 15.7 Å². The van der Waals surface area contributed by atoms with Crippen molar-refractivity contribution in [3.05, 3.63) is 52.1 Å². The number of nitrogens with zero attached hydrogens (tertiary/aromatic N) is 1. The first-order valence-electron chi connectivity index (χ1n) is 8.52. The van der Waals surface area contributed by atoms with Crippen molar-refractivity contribution in [1.82, 2.24) is 10.2 Å². The van der Waals surface area contributed by atoms with E-state index >= 15 is 0 Å². The van der Waals surface area contributed by atoms with Gasteiger partial charge >= 0.3 is 13.6 Å². The fourth-order valence-corrected chi connectivity index (χ4v) is 4.54. The molecule has 2 aromatic rings. The topological polar surface area (TPSA) is 107 Å². The minimum absolute atomic E-state index is 0.0832. The van der Waals surface area contributed by atoms with E-state index in [0.717, 1.165) is 5.56 Å². The number of rotatable bonds is 11. The second-order valence-corrected chi connectivity index (χ2v) is 8.78. The van der Waals surface area contributed by atoms with Gasteiger partial charge in [-0.15, -0.1) is 23.2 Å². The van der Waals surface area contributed by atoms with Crippen molar-refractivity contribution >= 4 is 36.8 Å². The second kappa shape index (κ2) is 10.4. The molecule has 0 fully saturated rings. The zero-order valence-electron chi connectivity index (χ0n) is 15.4. The first-order valence-corrected chi connectivity index (χ1v) is 11.2. The van der Waals surface area contributed by atoms with Crippen LogP contribution in [0.1, 0.15) is 19.4 Å². The molecular formula is C17H22Cl2N3O5P. The van der Waals surface area contributed by atoms with Crippen LogP contribution < -0.4 is 10.2 Å². The van der Waals surface area contributed by atoms with E-state index in [9.17, 15) is 14.7 Å². The maximum atomic E-state index is 13.0. The molecule has 0 bridgehead atoms. The number of furan rings is 1. The Hall–Kier alpha value is -1.41. The molecule has 154 valence electrons. The third-order valence-corrected chi connectivity index (χ3v) is 6.65. The number of benzene rings is 1. The van der Waals surface area contributed by atoms with Gasteiger partial charge in [0.25, 0.3) is 0 Å². The van der Waals surface area contributed by atoms with Crippen molar-refractivity contribution in [3.63, 3.8) is 0 Å². The molecule has 2 atom stereocenters. The molecule has 1 aromatic carbocycles. The zero-order chi connectivity index (χ0) is 20.7. The lowest BCUT2D eigenvalue weighted by atomic mass is 10.1. The summed E-state index contributed by atoms with van der Waals surface area (Å²) in [5.41, 5.74) is 1.45. The predicted molar refractivity (Wildman–Crippen MR) is 110 cm³/mol. The summed E-state index contributed by atoms with van der Waals surface area (Å²) in [6.45, 7) is 3.68. The molecule has 1 aromatic heterocycles. The molecule has 0 aliphatic heterocycles. The Kier molecular flexibility index (Phi) is 8.49. The van der Waals surface area contributed by atoms with E-state index in [2.05, 4.69) is 10.2 Å². The van der Waals surface area contributed by atoms with Crippen LogP contribution >= 0.6 is 30.9 Å². The van der Waals surface area contributed by atoms with Crippen molar-refractivity contribution in [1.29, 1.82) is 0 Å². The summed E-state index contributed by atoms with van der Waals surface area (Å²) in [5, 5.41) is 16.5. The minimum atomic E-state index is -3.37. The molecule has 2 rings (SSSR count). The van der Waals surface area contributed by atoms with E-state index in [1.165, 1.54) is 12.1 Å². The van der Waals surface area contributed by atoms with Gasteiger partial charge in [0.2, 0.25) is 0 Å². The zero-order valence-corrected chi connectivity index (χ0v) is 17.8. The van der Waals surface area contributed by atoms with Gasteiger partial charge in [-0.3, -0.25) is 14.7 Å². The Morgan fingerprint density at radius 1 is 1.11 bits per heavy atom. The van der Waals surface area contributed by atoms with Gasteiger partial charge in [0.05, 0.1) is 12.7 Å². The van der Waals surface area contributed by atoms with E-state index in [1.807, 2.05) is 0 Å². The molecule has 0 amide bonds. The molecule has 8 nitrogen and oxygen atoms in total. The monoisotopic (exact) mass is 449 g/mol. The van der Waals surface area contributed by atoms with Crippen molar-refractivity contribution < 1.29 is 18.4 Å². The van der Waals surface area contributed by atoms with Gasteiger partial charge < -0.3 is 8.94 Å². The fraction of sp³-hybridized carbons (Fsp3) is 0.412. The summed E-state index contributed by atoms with van der Waals surface area (Å²) in [5.74, 6) is 0.616. The average Bonchev–Trinajstić information content (AvgIpc) is 3.17. The highest BCUT2D eigenvalue weighted by Crippen LogP contribution is 2.40. The highest BCUT2D eigenvalue weighted by Gasteiger charge is 2.27. The maximum Gasteiger partial charge on any atom is 0.433 e. The van der Waals surface area contributed by atoms with Crippen LogP contribution in [0.3, 0.4) is 0 Å². The van der Waals surface area contributed by atoms with E-state index < -0.39 is 12.6 Å². The molecule has 0 radical (unpaired) electrons. The van der Waals surface area contributed by atoms with E-state index in [4.69, 9.17) is 32.1 Å². The smallest absolute Gasteiger partial charge is 0.401 e. The van der Waals surface area contributed by atoms with Crippen LogP contribution in [0.25, 0.3) is 11.3 Å². The van der Waals surface area contributed by atoms with Gasteiger partial charge in [0.1, 0.15) is 10.7 Å². The summed E-state index contributed by atoms with van der Waals surface area (Å²) in [4.78, 5) is 10.1. The summed E-state index contributed by atoms with van der Waals surface area (Å²) in [6.07, 6.45) is 0. The third kappa shape index (κ3) is 6.58. The number of hydrogen-bond acceptors (Lipinski definition) is 5. The van der Waals surface area contributed by atoms with E-state index in [0.29, 0.717) is 11.3 Å². The van der Waals surface area contributed by atoms with Gasteiger partial charge in [-0.2, -0.15) is 0 Å². The van der Waals surface area contributed by atoms with E-state index in [-0.39, 0.29) is 36.3 Å². The van der Waals surface area contributed by atoms with Crippen LogP contribution in [0.4, 0.5) is 5.88 Å². The quantitative estimate of drug-likeness (QED) is 0.217. The molecular weight excluding hydrogens is 428 g/mol. The number of alkyl halides is 2. The van der Waals surface area contributed by atoms with Crippen LogP contribution in [0.15, 0.2) is 40.8 Å². The van der Waals surface area contributed by atoms with Crippen LogP contribution in [0.5, 0.6) is 0 Å². The SMILES string of the molecule is C[C@H](CCl)NP(=O)(N[C@H](C)CCl)OCc1ccc(-c2ccc([N+](=O)[O-])o2)cc1. The largest absolute Gasteiger partial charge is 0.433 e. The maximum absolute atomic E-state index is 13.0. The highest BCUT2D eigenvalue weighted by molar-refractivity contribution is 7.54. The molecule has 0 saturated carbocycles. The third-order valence-electron chi connectivity index (χ3n) is 3.67. The van der Waals surface area contributed by atoms with Crippen LogP contribution in [0.2, 0.25) is 0 Å². The number of nitro groups is 1. The molecule has 0 aliphatic rings. The molecule has 0 aliphatic carbocycles. The van der Waals surface area contributed by atoms with Crippen molar-refractivity contribution in [2.45, 2.75) is 32.5 Å². The van der Waals surface area contributed by atoms with Crippen LogP contribution in [-0.4, -0.2) is 28.8 Å². The second-order valence-electron chi connectivity index (χ2n) is 6.29. The summed E-state index contributed by atoms with van der Waals surface area (Å²) < 4.78 is 23.9. The fourth-order valence-electron chi connectivity index (χ4n) is 2.27.